The van der Waals surface area contributed by atoms with Gasteiger partial charge in [0.15, 0.2) is 0 Å². The Kier molecular flexibility index (Phi) is 3.26. The van der Waals surface area contributed by atoms with Crippen molar-refractivity contribution < 1.29 is 5.11 Å². The summed E-state index contributed by atoms with van der Waals surface area (Å²) in [4.78, 5) is 0. The lowest BCUT2D eigenvalue weighted by molar-refractivity contribution is 0.252. The average Bonchev–Trinajstić information content (AvgIpc) is 2.17. The lowest BCUT2D eigenvalue weighted by Crippen LogP contribution is -2.30. The standard InChI is InChI=1S/C10H15NO/c1-8(10(11)7-12)9-5-3-2-4-6-9/h2-6,8,10,12H,7,11H2,1H3/t8-,10-/m0/s1. The van der Waals surface area contributed by atoms with Gasteiger partial charge in [-0.05, 0) is 11.5 Å². The molecule has 0 amide bonds. The van der Waals surface area contributed by atoms with Gasteiger partial charge in [0.25, 0.3) is 0 Å². The van der Waals surface area contributed by atoms with Gasteiger partial charge in [0, 0.05) is 6.04 Å². The smallest absolute Gasteiger partial charge is 0.0588 e. The van der Waals surface area contributed by atoms with Gasteiger partial charge in [-0.2, -0.15) is 0 Å². The van der Waals surface area contributed by atoms with E-state index in [-0.39, 0.29) is 18.6 Å². The lowest BCUT2D eigenvalue weighted by atomic mass is 9.95. The molecule has 0 unspecified atom stereocenters. The van der Waals surface area contributed by atoms with Crippen molar-refractivity contribution in [1.82, 2.24) is 0 Å². The van der Waals surface area contributed by atoms with Gasteiger partial charge in [0.2, 0.25) is 0 Å². The molecule has 0 saturated carbocycles. The molecule has 0 fully saturated rings. The van der Waals surface area contributed by atoms with Crippen LogP contribution in [0.2, 0.25) is 0 Å². The predicted molar refractivity (Wildman–Crippen MR) is 49.9 cm³/mol. The zero-order valence-corrected chi connectivity index (χ0v) is 7.27. The highest BCUT2D eigenvalue weighted by molar-refractivity contribution is 5.20. The Labute approximate surface area is 73.0 Å². The van der Waals surface area contributed by atoms with E-state index in [2.05, 4.69) is 0 Å². The van der Waals surface area contributed by atoms with Crippen molar-refractivity contribution in [3.63, 3.8) is 0 Å². The second-order valence-electron chi connectivity index (χ2n) is 3.05. The minimum absolute atomic E-state index is 0.0378. The molecule has 66 valence electrons. The topological polar surface area (TPSA) is 46.2 Å². The van der Waals surface area contributed by atoms with Crippen molar-refractivity contribution in [2.45, 2.75) is 18.9 Å². The van der Waals surface area contributed by atoms with E-state index in [1.165, 1.54) is 5.56 Å². The van der Waals surface area contributed by atoms with Crippen LogP contribution in [0.15, 0.2) is 30.3 Å². The van der Waals surface area contributed by atoms with E-state index >= 15 is 0 Å². The van der Waals surface area contributed by atoms with E-state index in [1.54, 1.807) is 0 Å². The van der Waals surface area contributed by atoms with E-state index in [1.807, 2.05) is 37.3 Å². The number of aliphatic hydroxyl groups excluding tert-OH is 1. The summed E-state index contributed by atoms with van der Waals surface area (Å²) in [6, 6.07) is 9.83. The molecule has 2 atom stereocenters. The van der Waals surface area contributed by atoms with Crippen LogP contribution in [0, 0.1) is 0 Å². The van der Waals surface area contributed by atoms with Crippen molar-refractivity contribution in [2.75, 3.05) is 6.61 Å². The molecule has 0 aliphatic carbocycles. The molecule has 0 radical (unpaired) electrons. The van der Waals surface area contributed by atoms with Gasteiger partial charge in [-0.3, -0.25) is 0 Å². The summed E-state index contributed by atoms with van der Waals surface area (Å²) in [6.45, 7) is 2.06. The number of rotatable bonds is 3. The fourth-order valence-corrected chi connectivity index (χ4v) is 1.16. The fraction of sp³-hybridized carbons (Fsp3) is 0.400. The van der Waals surface area contributed by atoms with Gasteiger partial charge in [0.05, 0.1) is 6.61 Å². The van der Waals surface area contributed by atoms with Crippen LogP contribution < -0.4 is 5.73 Å². The summed E-state index contributed by atoms with van der Waals surface area (Å²) >= 11 is 0. The van der Waals surface area contributed by atoms with Crippen LogP contribution in [0.1, 0.15) is 18.4 Å². The minimum atomic E-state index is -0.160. The van der Waals surface area contributed by atoms with Gasteiger partial charge < -0.3 is 10.8 Å². The summed E-state index contributed by atoms with van der Waals surface area (Å²) in [6.07, 6.45) is 0. The summed E-state index contributed by atoms with van der Waals surface area (Å²) in [7, 11) is 0. The molecule has 1 aromatic carbocycles. The molecule has 0 aliphatic rings. The molecule has 12 heavy (non-hydrogen) atoms. The SMILES string of the molecule is C[C@@H](c1ccccc1)[C@@H](N)CO. The second kappa shape index (κ2) is 4.24. The van der Waals surface area contributed by atoms with Crippen LogP contribution in [0.4, 0.5) is 0 Å². The molecule has 2 heteroatoms. The van der Waals surface area contributed by atoms with Crippen LogP contribution in [0.3, 0.4) is 0 Å². The first-order chi connectivity index (χ1) is 5.75. The zero-order valence-electron chi connectivity index (χ0n) is 7.27. The van der Waals surface area contributed by atoms with E-state index in [0.29, 0.717) is 0 Å². The highest BCUT2D eigenvalue weighted by Crippen LogP contribution is 2.16. The van der Waals surface area contributed by atoms with Crippen molar-refractivity contribution in [2.24, 2.45) is 5.73 Å². The maximum atomic E-state index is 8.84. The van der Waals surface area contributed by atoms with Crippen LogP contribution in [-0.2, 0) is 0 Å². The third kappa shape index (κ3) is 2.06. The molecule has 1 aromatic rings. The van der Waals surface area contributed by atoms with Gasteiger partial charge in [-0.1, -0.05) is 37.3 Å². The van der Waals surface area contributed by atoms with Crippen molar-refractivity contribution in [3.8, 4) is 0 Å². The summed E-state index contributed by atoms with van der Waals surface area (Å²) in [5.74, 6) is 0.219. The van der Waals surface area contributed by atoms with E-state index in [0.717, 1.165) is 0 Å². The van der Waals surface area contributed by atoms with Crippen molar-refractivity contribution in [3.05, 3.63) is 35.9 Å². The molecule has 0 saturated heterocycles. The van der Waals surface area contributed by atoms with Crippen LogP contribution >= 0.6 is 0 Å². The maximum Gasteiger partial charge on any atom is 0.0588 e. The third-order valence-corrected chi connectivity index (χ3v) is 2.18. The quantitative estimate of drug-likeness (QED) is 0.704. The number of hydrogen-bond acceptors (Lipinski definition) is 2. The molecule has 1 rings (SSSR count). The van der Waals surface area contributed by atoms with E-state index in [4.69, 9.17) is 10.8 Å². The predicted octanol–water partition coefficient (Wildman–Crippen LogP) is 1.11. The molecule has 2 nitrogen and oxygen atoms in total. The summed E-state index contributed by atoms with van der Waals surface area (Å²) < 4.78 is 0. The molecule has 0 spiro atoms. The Morgan fingerprint density at radius 2 is 1.92 bits per heavy atom. The largest absolute Gasteiger partial charge is 0.395 e. The average molecular weight is 165 g/mol. The summed E-state index contributed by atoms with van der Waals surface area (Å²) in [5, 5.41) is 8.84. The highest BCUT2D eigenvalue weighted by Gasteiger charge is 2.12. The Balaban J connectivity index is 2.71. The van der Waals surface area contributed by atoms with Crippen molar-refractivity contribution in [1.29, 1.82) is 0 Å². The molecule has 0 heterocycles. The first kappa shape index (κ1) is 9.23. The number of hydrogen-bond donors (Lipinski definition) is 2. The van der Waals surface area contributed by atoms with Crippen molar-refractivity contribution >= 4 is 0 Å². The van der Waals surface area contributed by atoms with Gasteiger partial charge in [-0.25, -0.2) is 0 Å². The number of aliphatic hydroxyl groups is 1. The minimum Gasteiger partial charge on any atom is -0.395 e. The van der Waals surface area contributed by atoms with E-state index < -0.39 is 0 Å². The molecular formula is C10H15NO. The second-order valence-corrected chi connectivity index (χ2v) is 3.05. The normalized spacial score (nSPS) is 15.6. The Hall–Kier alpha value is -0.860. The number of nitrogens with two attached hydrogens (primary N) is 1. The van der Waals surface area contributed by atoms with E-state index in [9.17, 15) is 0 Å². The third-order valence-electron chi connectivity index (χ3n) is 2.18. The van der Waals surface area contributed by atoms with Gasteiger partial charge in [-0.15, -0.1) is 0 Å². The first-order valence-corrected chi connectivity index (χ1v) is 4.17. The zero-order chi connectivity index (χ0) is 8.97. The fourth-order valence-electron chi connectivity index (χ4n) is 1.16. The molecular weight excluding hydrogens is 150 g/mol. The van der Waals surface area contributed by atoms with Gasteiger partial charge in [0.1, 0.15) is 0 Å². The molecule has 3 N–H and O–H groups in total. The Morgan fingerprint density at radius 3 is 2.42 bits per heavy atom. The first-order valence-electron chi connectivity index (χ1n) is 4.17. The molecule has 0 aliphatic heterocycles. The molecule has 0 bridgehead atoms. The van der Waals surface area contributed by atoms with Gasteiger partial charge >= 0.3 is 0 Å². The summed E-state index contributed by atoms with van der Waals surface area (Å²) in [5.41, 5.74) is 6.88. The monoisotopic (exact) mass is 165 g/mol. The van der Waals surface area contributed by atoms with Crippen LogP contribution in [-0.4, -0.2) is 17.8 Å². The van der Waals surface area contributed by atoms with Crippen LogP contribution in [0.5, 0.6) is 0 Å². The maximum absolute atomic E-state index is 8.84. The highest BCUT2D eigenvalue weighted by atomic mass is 16.3. The Bertz CT molecular complexity index is 223. The lowest BCUT2D eigenvalue weighted by Gasteiger charge is -2.17. The number of benzene rings is 1. The Morgan fingerprint density at radius 1 is 1.33 bits per heavy atom. The molecule has 0 aromatic heterocycles. The van der Waals surface area contributed by atoms with Crippen LogP contribution in [0.25, 0.3) is 0 Å².